The highest BCUT2D eigenvalue weighted by molar-refractivity contribution is 5.76. The Morgan fingerprint density at radius 2 is 2.24 bits per heavy atom. The molecular formula is C14H16N4O3. The molecule has 2 heterocycles. The summed E-state index contributed by atoms with van der Waals surface area (Å²) in [4.78, 5) is 42.2. The number of hydrogen-bond donors (Lipinski definition) is 2. The Morgan fingerprint density at radius 3 is 3.00 bits per heavy atom. The first kappa shape index (κ1) is 13.5. The lowest BCUT2D eigenvalue weighted by molar-refractivity contribution is -0.121. The summed E-state index contributed by atoms with van der Waals surface area (Å²) in [5, 5.41) is 3.10. The van der Waals surface area contributed by atoms with E-state index in [1.54, 1.807) is 12.1 Å². The Labute approximate surface area is 120 Å². The van der Waals surface area contributed by atoms with Crippen molar-refractivity contribution in [2.45, 2.75) is 25.8 Å². The van der Waals surface area contributed by atoms with Crippen LogP contribution in [0, 0.1) is 5.92 Å². The van der Waals surface area contributed by atoms with Gasteiger partial charge in [0.05, 0.1) is 5.39 Å². The number of carbonyl (C=O) groups is 1. The van der Waals surface area contributed by atoms with E-state index in [-0.39, 0.29) is 24.6 Å². The van der Waals surface area contributed by atoms with Gasteiger partial charge in [-0.2, -0.15) is 0 Å². The second-order valence-corrected chi connectivity index (χ2v) is 5.28. The number of fused-ring (bicyclic) bond motifs is 1. The van der Waals surface area contributed by atoms with Gasteiger partial charge in [0.25, 0.3) is 5.56 Å². The van der Waals surface area contributed by atoms with Gasteiger partial charge >= 0.3 is 5.69 Å². The molecule has 0 saturated heterocycles. The van der Waals surface area contributed by atoms with Gasteiger partial charge in [-0.15, -0.1) is 0 Å². The number of nitrogens with one attached hydrogen (secondary N) is 2. The number of rotatable bonds is 5. The van der Waals surface area contributed by atoms with Crippen molar-refractivity contribution < 1.29 is 4.79 Å². The molecule has 0 unspecified atom stereocenters. The third kappa shape index (κ3) is 3.01. The van der Waals surface area contributed by atoms with Crippen LogP contribution in [0.4, 0.5) is 0 Å². The largest absolute Gasteiger partial charge is 0.354 e. The molecule has 7 heteroatoms. The number of H-pyrrole nitrogens is 1. The lowest BCUT2D eigenvalue weighted by Gasteiger charge is -2.07. The molecule has 1 amide bonds. The summed E-state index contributed by atoms with van der Waals surface area (Å²) in [5.41, 5.74) is -0.623. The summed E-state index contributed by atoms with van der Waals surface area (Å²) in [7, 11) is 0. The van der Waals surface area contributed by atoms with Gasteiger partial charge in [-0.3, -0.25) is 19.1 Å². The average molecular weight is 288 g/mol. The minimum atomic E-state index is -0.511. The number of carbonyl (C=O) groups excluding carboxylic acids is 1. The van der Waals surface area contributed by atoms with E-state index in [9.17, 15) is 14.4 Å². The summed E-state index contributed by atoms with van der Waals surface area (Å²) >= 11 is 0. The Bertz CT molecular complexity index is 789. The van der Waals surface area contributed by atoms with Crippen molar-refractivity contribution in [1.82, 2.24) is 19.9 Å². The van der Waals surface area contributed by atoms with Crippen molar-refractivity contribution in [3.05, 3.63) is 39.2 Å². The molecule has 7 nitrogen and oxygen atoms in total. The summed E-state index contributed by atoms with van der Waals surface area (Å²) < 4.78 is 1.08. The van der Waals surface area contributed by atoms with E-state index < -0.39 is 11.2 Å². The van der Waals surface area contributed by atoms with Crippen LogP contribution in [0.3, 0.4) is 0 Å². The fourth-order valence-corrected chi connectivity index (χ4v) is 2.25. The smallest absolute Gasteiger partial charge is 0.330 e. The van der Waals surface area contributed by atoms with E-state index >= 15 is 0 Å². The molecule has 3 rings (SSSR count). The minimum absolute atomic E-state index is 0.0237. The Kier molecular flexibility index (Phi) is 3.55. The summed E-state index contributed by atoms with van der Waals surface area (Å²) in [6, 6.07) is 3.26. The zero-order chi connectivity index (χ0) is 14.8. The Morgan fingerprint density at radius 1 is 1.43 bits per heavy atom. The van der Waals surface area contributed by atoms with Crippen LogP contribution >= 0.6 is 0 Å². The lowest BCUT2D eigenvalue weighted by atomic mass is 10.3. The van der Waals surface area contributed by atoms with Gasteiger partial charge in [-0.25, -0.2) is 9.78 Å². The first-order chi connectivity index (χ1) is 10.1. The third-order valence-electron chi connectivity index (χ3n) is 3.58. The van der Waals surface area contributed by atoms with Crippen molar-refractivity contribution in [3.8, 4) is 0 Å². The molecule has 0 bridgehead atoms. The normalized spacial score (nSPS) is 14.3. The van der Waals surface area contributed by atoms with E-state index in [4.69, 9.17) is 0 Å². The van der Waals surface area contributed by atoms with Crippen molar-refractivity contribution in [3.63, 3.8) is 0 Å². The fraction of sp³-hybridized carbons (Fsp3) is 0.429. The number of pyridine rings is 1. The van der Waals surface area contributed by atoms with Crippen LogP contribution in [0.5, 0.6) is 0 Å². The summed E-state index contributed by atoms with van der Waals surface area (Å²) in [6.45, 7) is 0.412. The number of hydrogen-bond acceptors (Lipinski definition) is 4. The van der Waals surface area contributed by atoms with Crippen LogP contribution in [0.2, 0.25) is 0 Å². The molecule has 21 heavy (non-hydrogen) atoms. The standard InChI is InChI=1S/C14H16N4O3/c19-11(8-9-3-4-9)15-6-7-18-13(20)10-2-1-5-16-12(10)17-14(18)21/h1-2,5,9H,3-4,6-8H2,(H,15,19)(H,16,17,21). The van der Waals surface area contributed by atoms with Gasteiger partial charge in [-0.1, -0.05) is 0 Å². The number of aromatic amines is 1. The van der Waals surface area contributed by atoms with Crippen LogP contribution in [-0.2, 0) is 11.3 Å². The molecule has 2 N–H and O–H groups in total. The zero-order valence-corrected chi connectivity index (χ0v) is 11.5. The van der Waals surface area contributed by atoms with Crippen LogP contribution in [0.1, 0.15) is 19.3 Å². The van der Waals surface area contributed by atoms with Crippen LogP contribution in [0.25, 0.3) is 11.0 Å². The van der Waals surface area contributed by atoms with Crippen molar-refractivity contribution in [2.75, 3.05) is 6.54 Å². The van der Waals surface area contributed by atoms with Gasteiger partial charge in [0, 0.05) is 25.7 Å². The highest BCUT2D eigenvalue weighted by Crippen LogP contribution is 2.31. The molecule has 1 fully saturated rings. The molecular weight excluding hydrogens is 272 g/mol. The molecule has 0 radical (unpaired) electrons. The first-order valence-electron chi connectivity index (χ1n) is 6.99. The predicted octanol–water partition coefficient (Wildman–Crippen LogP) is 0.00110. The van der Waals surface area contributed by atoms with E-state index in [2.05, 4.69) is 15.3 Å². The average Bonchev–Trinajstić information content (AvgIpc) is 3.26. The van der Waals surface area contributed by atoms with Crippen LogP contribution in [0.15, 0.2) is 27.9 Å². The van der Waals surface area contributed by atoms with Gasteiger partial charge in [0.15, 0.2) is 0 Å². The van der Waals surface area contributed by atoms with Crippen LogP contribution < -0.4 is 16.6 Å². The van der Waals surface area contributed by atoms with E-state index in [0.717, 1.165) is 17.4 Å². The van der Waals surface area contributed by atoms with Gasteiger partial charge in [-0.05, 0) is 30.9 Å². The maximum absolute atomic E-state index is 12.2. The van der Waals surface area contributed by atoms with Gasteiger partial charge < -0.3 is 5.32 Å². The second-order valence-electron chi connectivity index (χ2n) is 5.28. The summed E-state index contributed by atoms with van der Waals surface area (Å²) in [6.07, 6.45) is 4.28. The molecule has 0 atom stereocenters. The third-order valence-corrected chi connectivity index (χ3v) is 3.58. The van der Waals surface area contributed by atoms with E-state index in [0.29, 0.717) is 17.7 Å². The maximum atomic E-state index is 12.2. The Hall–Kier alpha value is -2.44. The SMILES string of the molecule is O=C(CC1CC1)NCCn1c(=O)[nH]c2ncccc2c1=O. The predicted molar refractivity (Wildman–Crippen MR) is 77.0 cm³/mol. The molecule has 0 aromatic carbocycles. The highest BCUT2D eigenvalue weighted by atomic mass is 16.2. The maximum Gasteiger partial charge on any atom is 0.330 e. The molecule has 1 aliphatic carbocycles. The minimum Gasteiger partial charge on any atom is -0.354 e. The quantitative estimate of drug-likeness (QED) is 0.809. The van der Waals surface area contributed by atoms with Crippen molar-refractivity contribution >= 4 is 16.9 Å². The highest BCUT2D eigenvalue weighted by Gasteiger charge is 2.24. The molecule has 2 aromatic rings. The van der Waals surface area contributed by atoms with E-state index in [1.807, 2.05) is 0 Å². The van der Waals surface area contributed by atoms with Gasteiger partial charge in [0.1, 0.15) is 5.65 Å². The zero-order valence-electron chi connectivity index (χ0n) is 11.5. The van der Waals surface area contributed by atoms with Gasteiger partial charge in [0.2, 0.25) is 5.91 Å². The monoisotopic (exact) mass is 288 g/mol. The molecule has 2 aromatic heterocycles. The number of aromatic nitrogens is 3. The number of nitrogens with zero attached hydrogens (tertiary/aromatic N) is 2. The second kappa shape index (κ2) is 5.51. The topological polar surface area (TPSA) is 96.8 Å². The molecule has 110 valence electrons. The van der Waals surface area contributed by atoms with Crippen molar-refractivity contribution in [1.29, 1.82) is 0 Å². The van der Waals surface area contributed by atoms with E-state index in [1.165, 1.54) is 6.20 Å². The lowest BCUT2D eigenvalue weighted by Crippen LogP contribution is -2.39. The first-order valence-corrected chi connectivity index (χ1v) is 6.99. The van der Waals surface area contributed by atoms with Crippen LogP contribution in [-0.4, -0.2) is 27.0 Å². The molecule has 1 saturated carbocycles. The fourth-order valence-electron chi connectivity index (χ4n) is 2.25. The molecule has 0 aliphatic heterocycles. The Balaban J connectivity index is 1.72. The summed E-state index contributed by atoms with van der Waals surface area (Å²) in [5.74, 6) is 0.493. The van der Waals surface area contributed by atoms with Crippen molar-refractivity contribution in [2.24, 2.45) is 5.92 Å². The number of amides is 1. The molecule has 1 aliphatic rings. The molecule has 0 spiro atoms.